The molecule has 0 aliphatic carbocycles. The van der Waals surface area contributed by atoms with Crippen molar-refractivity contribution in [3.8, 4) is 6.07 Å². The predicted molar refractivity (Wildman–Crippen MR) is 84.4 cm³/mol. The van der Waals surface area contributed by atoms with Gasteiger partial charge in [0.25, 0.3) is 5.89 Å². The van der Waals surface area contributed by atoms with Gasteiger partial charge in [-0.2, -0.15) is 10.2 Å². The Balaban J connectivity index is 1.56. The van der Waals surface area contributed by atoms with Crippen molar-refractivity contribution in [3.05, 3.63) is 23.3 Å². The predicted octanol–water partition coefficient (Wildman–Crippen LogP) is 2.07. The molecule has 3 rings (SSSR count). The Morgan fingerprint density at radius 3 is 2.68 bits per heavy atom. The van der Waals surface area contributed by atoms with E-state index in [1.165, 1.54) is 0 Å². The third-order valence-electron chi connectivity index (χ3n) is 4.12. The molecule has 0 saturated carbocycles. The van der Waals surface area contributed by atoms with Crippen LogP contribution >= 0.6 is 0 Å². The Morgan fingerprint density at radius 2 is 2.08 bits per heavy atom. The molecule has 9 nitrogen and oxygen atoms in total. The van der Waals surface area contributed by atoms with Crippen LogP contribution in [0.5, 0.6) is 0 Å². The number of carbonyl (C=O) groups is 1. The molecule has 1 atom stereocenters. The molecule has 0 bridgehead atoms. The van der Waals surface area contributed by atoms with Crippen molar-refractivity contribution in [2.45, 2.75) is 39.7 Å². The fraction of sp³-hybridized carbons (Fsp3) is 0.562. The number of hydrogen-bond donors (Lipinski definition) is 0. The average molecular weight is 345 g/mol. The fourth-order valence-electron chi connectivity index (χ4n) is 2.82. The number of oxazole rings is 1. The maximum Gasteiger partial charge on any atom is 0.309 e. The maximum atomic E-state index is 12.3. The zero-order valence-corrected chi connectivity index (χ0v) is 14.4. The van der Waals surface area contributed by atoms with E-state index in [1.807, 2.05) is 11.0 Å². The van der Waals surface area contributed by atoms with Crippen LogP contribution < -0.4 is 4.90 Å². The minimum absolute atomic E-state index is 0.211. The van der Waals surface area contributed by atoms with E-state index in [-0.39, 0.29) is 17.6 Å². The van der Waals surface area contributed by atoms with E-state index in [0.29, 0.717) is 49.4 Å². The molecular weight excluding hydrogens is 326 g/mol. The molecule has 0 amide bonds. The van der Waals surface area contributed by atoms with Gasteiger partial charge in [0.05, 0.1) is 5.92 Å². The summed E-state index contributed by atoms with van der Waals surface area (Å²) >= 11 is 0. The molecule has 1 unspecified atom stereocenters. The van der Waals surface area contributed by atoms with Crippen LogP contribution in [-0.4, -0.2) is 34.2 Å². The van der Waals surface area contributed by atoms with Crippen LogP contribution in [0.2, 0.25) is 0 Å². The third-order valence-corrected chi connectivity index (χ3v) is 4.12. The van der Waals surface area contributed by atoms with Gasteiger partial charge in [0.15, 0.2) is 17.8 Å². The van der Waals surface area contributed by atoms with E-state index in [4.69, 9.17) is 18.9 Å². The lowest BCUT2D eigenvalue weighted by atomic mass is 9.97. The molecule has 1 saturated heterocycles. The number of ether oxygens (including phenoxy) is 1. The van der Waals surface area contributed by atoms with Gasteiger partial charge < -0.3 is 18.6 Å². The molecule has 132 valence electrons. The Morgan fingerprint density at radius 1 is 1.36 bits per heavy atom. The average Bonchev–Trinajstić information content (AvgIpc) is 3.20. The largest absolute Gasteiger partial charge is 0.452 e. The summed E-state index contributed by atoms with van der Waals surface area (Å²) < 4.78 is 16.0. The molecule has 1 aliphatic rings. The second kappa shape index (κ2) is 6.93. The van der Waals surface area contributed by atoms with Crippen molar-refractivity contribution >= 4 is 11.9 Å². The first-order valence-electron chi connectivity index (χ1n) is 8.11. The highest BCUT2D eigenvalue weighted by Crippen LogP contribution is 2.28. The van der Waals surface area contributed by atoms with Gasteiger partial charge in [-0.25, -0.2) is 4.98 Å². The number of rotatable bonds is 4. The van der Waals surface area contributed by atoms with Crippen LogP contribution in [0.4, 0.5) is 5.88 Å². The molecule has 3 heterocycles. The molecule has 0 aromatic carbocycles. The first kappa shape index (κ1) is 17.0. The highest BCUT2D eigenvalue weighted by molar-refractivity contribution is 5.73. The van der Waals surface area contributed by atoms with Crippen molar-refractivity contribution in [1.82, 2.24) is 15.1 Å². The number of hydrogen-bond acceptors (Lipinski definition) is 9. The molecule has 0 radical (unpaired) electrons. The van der Waals surface area contributed by atoms with Gasteiger partial charge in [-0.15, -0.1) is 0 Å². The van der Waals surface area contributed by atoms with Gasteiger partial charge in [0, 0.05) is 20.0 Å². The SMILES string of the molecule is Cc1noc(C(C)OC(=O)C2CCN(c3oc(C)nc3C#N)CC2)n1. The Kier molecular flexibility index (Phi) is 4.70. The van der Waals surface area contributed by atoms with Gasteiger partial charge in [0.1, 0.15) is 6.07 Å². The van der Waals surface area contributed by atoms with Crippen LogP contribution in [-0.2, 0) is 9.53 Å². The van der Waals surface area contributed by atoms with Gasteiger partial charge in [-0.1, -0.05) is 5.16 Å². The molecule has 9 heteroatoms. The lowest BCUT2D eigenvalue weighted by molar-refractivity contribution is -0.155. The first-order valence-corrected chi connectivity index (χ1v) is 8.11. The first-order chi connectivity index (χ1) is 12.0. The van der Waals surface area contributed by atoms with E-state index in [2.05, 4.69) is 15.1 Å². The summed E-state index contributed by atoms with van der Waals surface area (Å²) in [6, 6.07) is 2.03. The van der Waals surface area contributed by atoms with E-state index < -0.39 is 6.10 Å². The number of nitrogens with zero attached hydrogens (tertiary/aromatic N) is 5. The Hall–Kier alpha value is -2.89. The zero-order valence-electron chi connectivity index (χ0n) is 14.4. The van der Waals surface area contributed by atoms with E-state index in [1.54, 1.807) is 20.8 Å². The lowest BCUT2D eigenvalue weighted by Crippen LogP contribution is -2.37. The standard InChI is InChI=1S/C16H19N5O4/c1-9(14-18-10(2)20-25-14)23-16(22)12-4-6-21(7-5-12)15-13(8-17)19-11(3)24-15/h9,12H,4-7H2,1-3H3. The van der Waals surface area contributed by atoms with Crippen molar-refractivity contribution in [1.29, 1.82) is 5.26 Å². The van der Waals surface area contributed by atoms with Gasteiger partial charge in [0.2, 0.25) is 11.6 Å². The quantitative estimate of drug-likeness (QED) is 0.767. The molecule has 1 fully saturated rings. The topological polar surface area (TPSA) is 118 Å². The number of nitriles is 1. The molecular formula is C16H19N5O4. The van der Waals surface area contributed by atoms with Gasteiger partial charge in [-0.05, 0) is 26.7 Å². The summed E-state index contributed by atoms with van der Waals surface area (Å²) in [4.78, 5) is 22.4. The number of esters is 1. The zero-order chi connectivity index (χ0) is 18.0. The summed E-state index contributed by atoms with van der Waals surface area (Å²) in [7, 11) is 0. The molecule has 0 spiro atoms. The number of aryl methyl sites for hydroxylation is 2. The monoisotopic (exact) mass is 345 g/mol. The van der Waals surface area contributed by atoms with Crippen molar-refractivity contribution in [3.63, 3.8) is 0 Å². The normalized spacial score (nSPS) is 16.5. The maximum absolute atomic E-state index is 12.3. The Labute approximate surface area is 144 Å². The second-order valence-corrected chi connectivity index (χ2v) is 6.02. The smallest absolute Gasteiger partial charge is 0.309 e. The second-order valence-electron chi connectivity index (χ2n) is 6.02. The van der Waals surface area contributed by atoms with Crippen LogP contribution in [0.25, 0.3) is 0 Å². The lowest BCUT2D eigenvalue weighted by Gasteiger charge is -2.30. The summed E-state index contributed by atoms with van der Waals surface area (Å²) in [5.41, 5.74) is 0.277. The summed E-state index contributed by atoms with van der Waals surface area (Å²) in [5.74, 6) is 1.23. The summed E-state index contributed by atoms with van der Waals surface area (Å²) in [6.07, 6.45) is 0.645. The Bertz CT molecular complexity index is 798. The molecule has 25 heavy (non-hydrogen) atoms. The van der Waals surface area contributed by atoms with Crippen LogP contribution in [0.15, 0.2) is 8.94 Å². The van der Waals surface area contributed by atoms with E-state index in [0.717, 1.165) is 0 Å². The highest BCUT2D eigenvalue weighted by atomic mass is 16.6. The fourth-order valence-corrected chi connectivity index (χ4v) is 2.82. The van der Waals surface area contributed by atoms with Crippen LogP contribution in [0, 0.1) is 31.1 Å². The van der Waals surface area contributed by atoms with Crippen molar-refractivity contribution < 1.29 is 18.5 Å². The van der Waals surface area contributed by atoms with Crippen molar-refractivity contribution in [2.75, 3.05) is 18.0 Å². The van der Waals surface area contributed by atoms with Gasteiger partial charge >= 0.3 is 5.97 Å². The molecule has 2 aromatic heterocycles. The number of piperidine rings is 1. The minimum Gasteiger partial charge on any atom is -0.452 e. The van der Waals surface area contributed by atoms with E-state index in [9.17, 15) is 4.79 Å². The van der Waals surface area contributed by atoms with Crippen LogP contribution in [0.3, 0.4) is 0 Å². The summed E-state index contributed by atoms with van der Waals surface area (Å²) in [5, 5.41) is 12.8. The molecule has 1 aliphatic heterocycles. The van der Waals surface area contributed by atoms with Gasteiger partial charge in [-0.3, -0.25) is 4.79 Å². The van der Waals surface area contributed by atoms with E-state index >= 15 is 0 Å². The third kappa shape index (κ3) is 3.63. The molecule has 2 aromatic rings. The number of carbonyl (C=O) groups excluding carboxylic acids is 1. The minimum atomic E-state index is -0.575. The molecule has 0 N–H and O–H groups in total. The number of aromatic nitrogens is 3. The number of anilines is 1. The van der Waals surface area contributed by atoms with Crippen molar-refractivity contribution in [2.24, 2.45) is 5.92 Å². The summed E-state index contributed by atoms with van der Waals surface area (Å²) in [6.45, 7) is 6.30. The van der Waals surface area contributed by atoms with Crippen LogP contribution in [0.1, 0.15) is 49.2 Å². The highest BCUT2D eigenvalue weighted by Gasteiger charge is 2.31.